The quantitative estimate of drug-likeness (QED) is 0.447. The van der Waals surface area contributed by atoms with Crippen LogP contribution < -0.4 is 0 Å². The molecule has 0 bridgehead atoms. The third-order valence-corrected chi connectivity index (χ3v) is 2.70. The highest BCUT2D eigenvalue weighted by Gasteiger charge is 2.37. The molecule has 4 nitrogen and oxygen atoms in total. The average molecular weight is 196 g/mol. The molecule has 0 amide bonds. The van der Waals surface area contributed by atoms with Crippen molar-refractivity contribution in [3.8, 4) is 0 Å². The molecule has 0 aliphatic carbocycles. The number of hydrogen-bond donors (Lipinski definition) is 0. The van der Waals surface area contributed by atoms with Crippen LogP contribution in [0.5, 0.6) is 0 Å². The summed E-state index contributed by atoms with van der Waals surface area (Å²) in [6, 6.07) is 0. The molecule has 2 heterocycles. The smallest absolute Gasteiger partial charge is 0.122 e. The summed E-state index contributed by atoms with van der Waals surface area (Å²) in [5.41, 5.74) is 0. The number of likely N-dealkylation sites (tertiary alicyclic amines) is 1. The Hall–Kier alpha value is -0.870. The van der Waals surface area contributed by atoms with Crippen LogP contribution in [0.15, 0.2) is 17.6 Å². The van der Waals surface area contributed by atoms with Crippen LogP contribution in [0.2, 0.25) is 0 Å². The van der Waals surface area contributed by atoms with Gasteiger partial charge in [-0.25, -0.2) is 0 Å². The topological polar surface area (TPSA) is 34.1 Å². The molecule has 2 saturated heterocycles. The highest BCUT2D eigenvalue weighted by molar-refractivity contribution is 5.92. The Morgan fingerprint density at radius 3 is 2.36 bits per heavy atom. The monoisotopic (exact) mass is 196 g/mol. The molecule has 0 radical (unpaired) electrons. The summed E-state index contributed by atoms with van der Waals surface area (Å²) >= 11 is 0. The second-order valence-corrected chi connectivity index (χ2v) is 3.51. The lowest BCUT2D eigenvalue weighted by molar-refractivity contribution is -0.116. The van der Waals surface area contributed by atoms with Gasteiger partial charge in [-0.1, -0.05) is 6.58 Å². The first-order chi connectivity index (χ1) is 6.85. The molecule has 78 valence electrons. The summed E-state index contributed by atoms with van der Waals surface area (Å²) in [4.78, 5) is 6.32. The zero-order valence-electron chi connectivity index (χ0n) is 8.48. The van der Waals surface area contributed by atoms with Crippen molar-refractivity contribution < 1.29 is 9.47 Å². The highest BCUT2D eigenvalue weighted by Crippen LogP contribution is 2.20. The number of rotatable bonds is 1. The van der Waals surface area contributed by atoms with E-state index >= 15 is 0 Å². The molecule has 0 aromatic carbocycles. The number of amidine groups is 1. The Labute approximate surface area is 84.2 Å². The lowest BCUT2D eigenvalue weighted by Crippen LogP contribution is -2.36. The van der Waals surface area contributed by atoms with E-state index in [9.17, 15) is 0 Å². The van der Waals surface area contributed by atoms with E-state index in [1.54, 1.807) is 13.1 Å². The lowest BCUT2D eigenvalue weighted by atomic mass is 10.2. The van der Waals surface area contributed by atoms with Crippen molar-refractivity contribution in [1.29, 1.82) is 0 Å². The summed E-state index contributed by atoms with van der Waals surface area (Å²) in [6.07, 6.45) is 2.19. The largest absolute Gasteiger partial charge is 0.371 e. The zero-order chi connectivity index (χ0) is 9.97. The Bertz CT molecular complexity index is 239. The zero-order valence-corrected chi connectivity index (χ0v) is 8.48. The van der Waals surface area contributed by atoms with Gasteiger partial charge in [0.05, 0.1) is 13.2 Å². The molecular weight excluding hydrogens is 180 g/mol. The van der Waals surface area contributed by atoms with E-state index in [0.29, 0.717) is 13.2 Å². The SMILES string of the molecule is C=CC(=NC)N1C[C@@H]2OCCO[C@@H]2C1. The number of hydrogen-bond acceptors (Lipinski definition) is 3. The van der Waals surface area contributed by atoms with Crippen molar-refractivity contribution >= 4 is 5.84 Å². The fourth-order valence-corrected chi connectivity index (χ4v) is 2.01. The predicted molar refractivity (Wildman–Crippen MR) is 54.6 cm³/mol. The molecule has 2 fully saturated rings. The maximum absolute atomic E-state index is 5.62. The van der Waals surface area contributed by atoms with Gasteiger partial charge in [-0.3, -0.25) is 4.99 Å². The van der Waals surface area contributed by atoms with Crippen LogP contribution in [-0.4, -0.2) is 56.3 Å². The maximum atomic E-state index is 5.62. The first-order valence-electron chi connectivity index (χ1n) is 4.92. The summed E-state index contributed by atoms with van der Waals surface area (Å²) in [6.45, 7) is 6.89. The van der Waals surface area contributed by atoms with E-state index in [1.165, 1.54) is 0 Å². The standard InChI is InChI=1S/C10H16N2O2/c1-3-10(11-2)12-6-8-9(7-12)14-5-4-13-8/h3,8-9H,1,4-7H2,2H3/t8-,9+. The van der Waals surface area contributed by atoms with E-state index in [1.807, 2.05) is 0 Å². The predicted octanol–water partition coefficient (Wildman–Crippen LogP) is 0.300. The minimum Gasteiger partial charge on any atom is -0.371 e. The Balaban J connectivity index is 2.02. The van der Waals surface area contributed by atoms with Crippen molar-refractivity contribution in [2.24, 2.45) is 4.99 Å². The Kier molecular flexibility index (Phi) is 2.84. The lowest BCUT2D eigenvalue weighted by Gasteiger charge is -2.24. The van der Waals surface area contributed by atoms with Gasteiger partial charge >= 0.3 is 0 Å². The van der Waals surface area contributed by atoms with Crippen molar-refractivity contribution in [2.45, 2.75) is 12.2 Å². The molecule has 2 rings (SSSR count). The molecule has 4 heteroatoms. The fourth-order valence-electron chi connectivity index (χ4n) is 2.01. The van der Waals surface area contributed by atoms with Crippen LogP contribution in [0.25, 0.3) is 0 Å². The second-order valence-electron chi connectivity index (χ2n) is 3.51. The molecule has 14 heavy (non-hydrogen) atoms. The highest BCUT2D eigenvalue weighted by atomic mass is 16.6. The van der Waals surface area contributed by atoms with E-state index in [4.69, 9.17) is 9.47 Å². The third kappa shape index (κ3) is 1.67. The van der Waals surface area contributed by atoms with Gasteiger partial charge in [0.1, 0.15) is 18.0 Å². The van der Waals surface area contributed by atoms with Crippen molar-refractivity contribution in [3.05, 3.63) is 12.7 Å². The van der Waals surface area contributed by atoms with Gasteiger partial charge in [-0.2, -0.15) is 0 Å². The number of aliphatic imine (C=N–C) groups is 1. The molecule has 0 aromatic heterocycles. The maximum Gasteiger partial charge on any atom is 0.122 e. The van der Waals surface area contributed by atoms with Crippen molar-refractivity contribution in [3.63, 3.8) is 0 Å². The van der Waals surface area contributed by atoms with Crippen LogP contribution in [0.3, 0.4) is 0 Å². The van der Waals surface area contributed by atoms with E-state index < -0.39 is 0 Å². The van der Waals surface area contributed by atoms with E-state index in [-0.39, 0.29) is 12.2 Å². The molecule has 2 aliphatic rings. The first kappa shape index (κ1) is 9.68. The number of fused-ring (bicyclic) bond motifs is 1. The number of ether oxygens (including phenoxy) is 2. The van der Waals surface area contributed by atoms with E-state index in [0.717, 1.165) is 18.9 Å². The minimum atomic E-state index is 0.209. The molecule has 0 saturated carbocycles. The third-order valence-electron chi connectivity index (χ3n) is 2.70. The van der Waals surface area contributed by atoms with Crippen LogP contribution in [0, 0.1) is 0 Å². The van der Waals surface area contributed by atoms with Gasteiger partial charge in [0.15, 0.2) is 0 Å². The van der Waals surface area contributed by atoms with Gasteiger partial charge in [0.25, 0.3) is 0 Å². The summed E-state index contributed by atoms with van der Waals surface area (Å²) in [5.74, 6) is 0.923. The van der Waals surface area contributed by atoms with Crippen LogP contribution in [0.1, 0.15) is 0 Å². The Morgan fingerprint density at radius 2 is 1.93 bits per heavy atom. The normalized spacial score (nSPS) is 32.9. The van der Waals surface area contributed by atoms with Gasteiger partial charge in [-0.05, 0) is 6.08 Å². The van der Waals surface area contributed by atoms with Gasteiger partial charge in [0.2, 0.25) is 0 Å². The first-order valence-corrected chi connectivity index (χ1v) is 4.92. The number of nitrogens with zero attached hydrogens (tertiary/aromatic N) is 2. The summed E-state index contributed by atoms with van der Waals surface area (Å²) in [7, 11) is 1.78. The van der Waals surface area contributed by atoms with Crippen molar-refractivity contribution in [2.75, 3.05) is 33.4 Å². The molecule has 0 unspecified atom stereocenters. The molecular formula is C10H16N2O2. The van der Waals surface area contributed by atoms with Gasteiger partial charge in [0, 0.05) is 20.1 Å². The molecule has 0 N–H and O–H groups in total. The second kappa shape index (κ2) is 4.11. The molecule has 2 atom stereocenters. The van der Waals surface area contributed by atoms with Crippen LogP contribution in [0.4, 0.5) is 0 Å². The van der Waals surface area contributed by atoms with Gasteiger partial charge in [-0.15, -0.1) is 0 Å². The molecule has 0 spiro atoms. The van der Waals surface area contributed by atoms with E-state index in [2.05, 4.69) is 16.5 Å². The van der Waals surface area contributed by atoms with Crippen molar-refractivity contribution in [1.82, 2.24) is 4.90 Å². The van der Waals surface area contributed by atoms with Crippen LogP contribution in [-0.2, 0) is 9.47 Å². The molecule has 2 aliphatic heterocycles. The van der Waals surface area contributed by atoms with Crippen LogP contribution >= 0.6 is 0 Å². The fraction of sp³-hybridized carbons (Fsp3) is 0.700. The molecule has 0 aromatic rings. The summed E-state index contributed by atoms with van der Waals surface area (Å²) < 4.78 is 11.2. The Morgan fingerprint density at radius 1 is 1.36 bits per heavy atom. The van der Waals surface area contributed by atoms with Gasteiger partial charge < -0.3 is 14.4 Å². The minimum absolute atomic E-state index is 0.209. The average Bonchev–Trinajstić information content (AvgIpc) is 2.63. The summed E-state index contributed by atoms with van der Waals surface area (Å²) in [5, 5.41) is 0.